The standard InChI is InChI=1S/C16H16O/c17-15-7-8-16(10-11-5-6-12(16)9-11)14-4-2-1-3-13(14)15/h1-5,12H,6-10H2. The minimum Gasteiger partial charge on any atom is -0.294 e. The Balaban J connectivity index is 1.93. The van der Waals surface area contributed by atoms with Gasteiger partial charge in [-0.15, -0.1) is 0 Å². The predicted octanol–water partition coefficient (Wildman–Crippen LogP) is 3.64. The molecule has 1 saturated carbocycles. The van der Waals surface area contributed by atoms with Crippen molar-refractivity contribution in [3.05, 3.63) is 47.0 Å². The van der Waals surface area contributed by atoms with Crippen LogP contribution in [-0.2, 0) is 5.41 Å². The van der Waals surface area contributed by atoms with Gasteiger partial charge in [0, 0.05) is 17.4 Å². The van der Waals surface area contributed by atoms with E-state index in [1.54, 1.807) is 5.57 Å². The van der Waals surface area contributed by atoms with E-state index < -0.39 is 0 Å². The Morgan fingerprint density at radius 2 is 2.12 bits per heavy atom. The largest absolute Gasteiger partial charge is 0.294 e. The first-order valence-electron chi connectivity index (χ1n) is 6.60. The first kappa shape index (κ1) is 9.64. The van der Waals surface area contributed by atoms with Crippen LogP contribution in [-0.4, -0.2) is 5.78 Å². The summed E-state index contributed by atoms with van der Waals surface area (Å²) >= 11 is 0. The van der Waals surface area contributed by atoms with Crippen molar-refractivity contribution < 1.29 is 4.79 Å². The molecule has 86 valence electrons. The third kappa shape index (κ3) is 1.12. The minimum absolute atomic E-state index is 0.314. The van der Waals surface area contributed by atoms with Gasteiger partial charge in [0.15, 0.2) is 5.78 Å². The number of Topliss-reactive ketones (excluding diaryl/α,β-unsaturated/α-hetero) is 1. The molecule has 0 radical (unpaired) electrons. The van der Waals surface area contributed by atoms with Crippen molar-refractivity contribution in [1.82, 2.24) is 0 Å². The van der Waals surface area contributed by atoms with Crippen molar-refractivity contribution in [2.24, 2.45) is 5.92 Å². The lowest BCUT2D eigenvalue weighted by molar-refractivity contribution is 0.0939. The van der Waals surface area contributed by atoms with Crippen molar-refractivity contribution in [2.45, 2.75) is 37.5 Å². The second-order valence-electron chi connectivity index (χ2n) is 5.80. The fourth-order valence-corrected chi connectivity index (χ4v) is 4.28. The number of carbonyl (C=O) groups is 1. The molecule has 2 bridgehead atoms. The Hall–Kier alpha value is -1.37. The quantitative estimate of drug-likeness (QED) is 0.615. The summed E-state index contributed by atoms with van der Waals surface area (Å²) in [6.45, 7) is 0. The van der Waals surface area contributed by atoms with E-state index >= 15 is 0 Å². The third-order valence-corrected chi connectivity index (χ3v) is 5.09. The topological polar surface area (TPSA) is 17.1 Å². The molecule has 3 aliphatic rings. The van der Waals surface area contributed by atoms with Crippen LogP contribution < -0.4 is 0 Å². The van der Waals surface area contributed by atoms with Crippen molar-refractivity contribution >= 4 is 5.78 Å². The number of ketones is 1. The molecule has 0 saturated heterocycles. The molecule has 1 heteroatoms. The molecule has 2 atom stereocenters. The summed E-state index contributed by atoms with van der Waals surface area (Å²) in [5.41, 5.74) is 4.31. The molecule has 0 N–H and O–H groups in total. The molecule has 17 heavy (non-hydrogen) atoms. The predicted molar refractivity (Wildman–Crippen MR) is 67.1 cm³/mol. The van der Waals surface area contributed by atoms with Crippen LogP contribution in [0.3, 0.4) is 0 Å². The zero-order valence-electron chi connectivity index (χ0n) is 9.91. The summed E-state index contributed by atoms with van der Waals surface area (Å²) in [5, 5.41) is 0. The van der Waals surface area contributed by atoms with E-state index in [2.05, 4.69) is 18.2 Å². The molecule has 1 fully saturated rings. The maximum Gasteiger partial charge on any atom is 0.163 e. The molecule has 1 spiro atoms. The van der Waals surface area contributed by atoms with Crippen LogP contribution in [0.25, 0.3) is 0 Å². The van der Waals surface area contributed by atoms with Gasteiger partial charge in [0.1, 0.15) is 0 Å². The van der Waals surface area contributed by atoms with E-state index in [9.17, 15) is 4.79 Å². The summed E-state index contributed by atoms with van der Waals surface area (Å²) in [5.74, 6) is 1.12. The average molecular weight is 224 g/mol. The van der Waals surface area contributed by atoms with Gasteiger partial charge in [-0.25, -0.2) is 0 Å². The molecule has 0 heterocycles. The Morgan fingerprint density at radius 1 is 1.24 bits per heavy atom. The van der Waals surface area contributed by atoms with Crippen LogP contribution in [0, 0.1) is 5.92 Å². The molecule has 3 aliphatic carbocycles. The van der Waals surface area contributed by atoms with Gasteiger partial charge in [-0.1, -0.05) is 35.9 Å². The minimum atomic E-state index is 0.314. The summed E-state index contributed by atoms with van der Waals surface area (Å²) in [6.07, 6.45) is 7.98. The Labute approximate surface area is 102 Å². The maximum atomic E-state index is 12.0. The molecular weight excluding hydrogens is 208 g/mol. The molecule has 1 aromatic carbocycles. The number of hydrogen-bond donors (Lipinski definition) is 0. The van der Waals surface area contributed by atoms with Crippen LogP contribution in [0.2, 0.25) is 0 Å². The van der Waals surface area contributed by atoms with Gasteiger partial charge in [0.2, 0.25) is 0 Å². The van der Waals surface area contributed by atoms with Crippen molar-refractivity contribution in [2.75, 3.05) is 0 Å². The molecule has 0 aliphatic heterocycles. The smallest absolute Gasteiger partial charge is 0.163 e. The van der Waals surface area contributed by atoms with Crippen LogP contribution in [0.4, 0.5) is 0 Å². The van der Waals surface area contributed by atoms with Gasteiger partial charge in [0.05, 0.1) is 0 Å². The first-order valence-corrected chi connectivity index (χ1v) is 6.60. The lowest BCUT2D eigenvalue weighted by Gasteiger charge is -2.40. The van der Waals surface area contributed by atoms with Crippen LogP contribution in [0.5, 0.6) is 0 Å². The monoisotopic (exact) mass is 224 g/mol. The van der Waals surface area contributed by atoms with Gasteiger partial charge >= 0.3 is 0 Å². The number of carbonyl (C=O) groups excluding carboxylic acids is 1. The zero-order chi connectivity index (χ0) is 11.5. The number of fused-ring (bicyclic) bond motifs is 5. The summed E-state index contributed by atoms with van der Waals surface area (Å²) in [7, 11) is 0. The van der Waals surface area contributed by atoms with Crippen LogP contribution >= 0.6 is 0 Å². The highest BCUT2D eigenvalue weighted by molar-refractivity contribution is 5.99. The van der Waals surface area contributed by atoms with E-state index in [0.717, 1.165) is 24.3 Å². The Morgan fingerprint density at radius 3 is 2.88 bits per heavy atom. The molecular formula is C16H16O. The highest BCUT2D eigenvalue weighted by Gasteiger charge is 2.51. The lowest BCUT2D eigenvalue weighted by Crippen LogP contribution is -2.37. The fourth-order valence-electron chi connectivity index (χ4n) is 4.28. The lowest BCUT2D eigenvalue weighted by atomic mass is 9.62. The highest BCUT2D eigenvalue weighted by atomic mass is 16.1. The molecule has 1 nitrogen and oxygen atoms in total. The molecule has 0 amide bonds. The van der Waals surface area contributed by atoms with E-state index in [4.69, 9.17) is 0 Å². The molecule has 0 aromatic heterocycles. The third-order valence-electron chi connectivity index (χ3n) is 5.09. The number of rotatable bonds is 0. The SMILES string of the molecule is O=C1CCC2(CC3=CCC2C3)c2ccccc21. The van der Waals surface area contributed by atoms with E-state index in [1.807, 2.05) is 12.1 Å². The summed E-state index contributed by atoms with van der Waals surface area (Å²) in [6, 6.07) is 8.33. The van der Waals surface area contributed by atoms with Gasteiger partial charge in [-0.3, -0.25) is 4.79 Å². The van der Waals surface area contributed by atoms with E-state index in [0.29, 0.717) is 11.2 Å². The zero-order valence-corrected chi connectivity index (χ0v) is 9.91. The van der Waals surface area contributed by atoms with Crippen molar-refractivity contribution in [3.63, 3.8) is 0 Å². The molecule has 4 rings (SSSR count). The first-order chi connectivity index (χ1) is 8.29. The van der Waals surface area contributed by atoms with Gasteiger partial charge in [-0.05, 0) is 37.2 Å². The van der Waals surface area contributed by atoms with Gasteiger partial charge in [-0.2, -0.15) is 0 Å². The van der Waals surface area contributed by atoms with Gasteiger partial charge < -0.3 is 0 Å². The molecule has 2 unspecified atom stereocenters. The highest BCUT2D eigenvalue weighted by Crippen LogP contribution is 2.58. The van der Waals surface area contributed by atoms with Crippen LogP contribution in [0.15, 0.2) is 35.9 Å². The summed E-state index contributed by atoms with van der Waals surface area (Å²) < 4.78 is 0. The molecule has 1 aromatic rings. The Bertz CT molecular complexity index is 540. The van der Waals surface area contributed by atoms with Gasteiger partial charge in [0.25, 0.3) is 0 Å². The number of benzene rings is 1. The normalized spacial score (nSPS) is 34.0. The second kappa shape index (κ2) is 3.10. The second-order valence-corrected chi connectivity index (χ2v) is 5.80. The van der Waals surface area contributed by atoms with Crippen LogP contribution in [0.1, 0.15) is 48.0 Å². The maximum absolute atomic E-state index is 12.0. The fraction of sp³-hybridized carbons (Fsp3) is 0.438. The summed E-state index contributed by atoms with van der Waals surface area (Å²) in [4.78, 5) is 12.0. The van der Waals surface area contributed by atoms with E-state index in [1.165, 1.54) is 24.8 Å². The van der Waals surface area contributed by atoms with Crippen molar-refractivity contribution in [1.29, 1.82) is 0 Å². The van der Waals surface area contributed by atoms with E-state index in [-0.39, 0.29) is 0 Å². The number of hydrogen-bond acceptors (Lipinski definition) is 1. The Kier molecular flexibility index (Phi) is 1.76. The number of allylic oxidation sites excluding steroid dienone is 2. The van der Waals surface area contributed by atoms with Crippen molar-refractivity contribution in [3.8, 4) is 0 Å². The average Bonchev–Trinajstić information content (AvgIpc) is 2.96.